The number of fused-ring (bicyclic) bond motifs is 1. The summed E-state index contributed by atoms with van der Waals surface area (Å²) in [4.78, 5) is 0. The number of rotatable bonds is 0. The molecule has 0 unspecified atom stereocenters. The van der Waals surface area contributed by atoms with Crippen molar-refractivity contribution in [3.8, 4) is 0 Å². The van der Waals surface area contributed by atoms with Crippen molar-refractivity contribution in [1.82, 2.24) is 0 Å². The van der Waals surface area contributed by atoms with E-state index in [1.807, 2.05) is 0 Å². The minimum absolute atomic E-state index is 1.25. The standard InChI is InChI=1S/C10H12.C3H8.C2H4/c1-2-6-10-8-4-3-7-9(10)5-1;1-3-2;1-2/h1-2,5-6H,3-4,7-8H2;3H2,1-2H3;1-2H2. The van der Waals surface area contributed by atoms with Gasteiger partial charge in [0.2, 0.25) is 0 Å². The first-order valence-electron chi connectivity index (χ1n) is 5.95. The Bertz CT molecular complexity index is 225. The van der Waals surface area contributed by atoms with Crippen molar-refractivity contribution in [2.75, 3.05) is 0 Å². The van der Waals surface area contributed by atoms with Gasteiger partial charge in [0.25, 0.3) is 0 Å². The normalized spacial score (nSPS) is 12.4. The van der Waals surface area contributed by atoms with Crippen molar-refractivity contribution < 1.29 is 0 Å². The summed E-state index contributed by atoms with van der Waals surface area (Å²) in [6.07, 6.45) is 6.63. The SMILES string of the molecule is C=C.CCC.c1ccc2c(c1)CCCC2. The third kappa shape index (κ3) is 5.41. The molecule has 0 fully saturated rings. The van der Waals surface area contributed by atoms with Crippen LogP contribution in [0.1, 0.15) is 44.2 Å². The molecule has 0 amide bonds. The summed E-state index contributed by atoms with van der Waals surface area (Å²) >= 11 is 0. The highest BCUT2D eigenvalue weighted by Gasteiger charge is 2.05. The number of aryl methyl sites for hydroxylation is 2. The molecule has 0 aromatic heterocycles. The lowest BCUT2D eigenvalue weighted by atomic mass is 9.92. The Morgan fingerprint density at radius 2 is 1.27 bits per heavy atom. The van der Waals surface area contributed by atoms with Gasteiger partial charge in [-0.2, -0.15) is 0 Å². The van der Waals surface area contributed by atoms with Crippen LogP contribution in [0, 0.1) is 0 Å². The second-order valence-corrected chi connectivity index (χ2v) is 3.68. The van der Waals surface area contributed by atoms with Crippen molar-refractivity contribution in [3.63, 3.8) is 0 Å². The van der Waals surface area contributed by atoms with Gasteiger partial charge in [0.1, 0.15) is 0 Å². The largest absolute Gasteiger partial charge is 0.106 e. The minimum Gasteiger partial charge on any atom is -0.106 e. The first-order chi connectivity index (χ1) is 7.38. The zero-order valence-corrected chi connectivity index (χ0v) is 10.3. The molecule has 0 bridgehead atoms. The zero-order chi connectivity index (χ0) is 11.5. The summed E-state index contributed by atoms with van der Waals surface area (Å²) in [5.41, 5.74) is 3.16. The van der Waals surface area contributed by atoms with E-state index >= 15 is 0 Å². The summed E-state index contributed by atoms with van der Waals surface area (Å²) in [6, 6.07) is 8.80. The van der Waals surface area contributed by atoms with Gasteiger partial charge in [-0.1, -0.05) is 44.5 Å². The first-order valence-corrected chi connectivity index (χ1v) is 5.95. The number of benzene rings is 1. The lowest BCUT2D eigenvalue weighted by molar-refractivity contribution is 0.685. The van der Waals surface area contributed by atoms with Gasteiger partial charge in [-0.25, -0.2) is 0 Å². The van der Waals surface area contributed by atoms with Crippen LogP contribution in [0.2, 0.25) is 0 Å². The quantitative estimate of drug-likeness (QED) is 0.533. The molecule has 0 nitrogen and oxygen atoms in total. The van der Waals surface area contributed by atoms with E-state index in [-0.39, 0.29) is 0 Å². The van der Waals surface area contributed by atoms with Crippen LogP contribution in [0.15, 0.2) is 37.4 Å². The molecule has 0 saturated carbocycles. The fraction of sp³-hybridized carbons (Fsp3) is 0.467. The van der Waals surface area contributed by atoms with E-state index in [1.54, 1.807) is 11.1 Å². The van der Waals surface area contributed by atoms with Crippen molar-refractivity contribution in [1.29, 1.82) is 0 Å². The third-order valence-electron chi connectivity index (χ3n) is 2.26. The van der Waals surface area contributed by atoms with Crippen LogP contribution in [-0.2, 0) is 12.8 Å². The highest BCUT2D eigenvalue weighted by atomic mass is 14.1. The van der Waals surface area contributed by atoms with Crippen molar-refractivity contribution in [3.05, 3.63) is 48.6 Å². The fourth-order valence-corrected chi connectivity index (χ4v) is 1.68. The molecule has 0 aliphatic heterocycles. The van der Waals surface area contributed by atoms with Gasteiger partial charge in [0, 0.05) is 0 Å². The van der Waals surface area contributed by atoms with Crippen LogP contribution >= 0.6 is 0 Å². The maximum atomic E-state index is 3.00. The number of hydrogen-bond acceptors (Lipinski definition) is 0. The Balaban J connectivity index is 0.000000342. The predicted octanol–water partition coefficient (Wildman–Crippen LogP) is 4.78. The van der Waals surface area contributed by atoms with E-state index in [2.05, 4.69) is 51.3 Å². The average Bonchev–Trinajstić information content (AvgIpc) is 2.33. The third-order valence-corrected chi connectivity index (χ3v) is 2.26. The Labute approximate surface area is 95.0 Å². The Morgan fingerprint density at radius 3 is 1.60 bits per heavy atom. The summed E-state index contributed by atoms with van der Waals surface area (Å²) in [6.45, 7) is 10.2. The predicted molar refractivity (Wildman–Crippen MR) is 70.3 cm³/mol. The molecular formula is C15H24. The maximum Gasteiger partial charge on any atom is -0.0276 e. The summed E-state index contributed by atoms with van der Waals surface area (Å²) in [5, 5.41) is 0. The van der Waals surface area contributed by atoms with E-state index < -0.39 is 0 Å². The molecule has 0 heterocycles. The average molecular weight is 204 g/mol. The van der Waals surface area contributed by atoms with Gasteiger partial charge in [-0.15, -0.1) is 13.2 Å². The molecule has 84 valence electrons. The smallest absolute Gasteiger partial charge is 0.0276 e. The van der Waals surface area contributed by atoms with E-state index in [9.17, 15) is 0 Å². The van der Waals surface area contributed by atoms with Gasteiger partial charge in [-0.05, 0) is 36.8 Å². The molecule has 0 N–H and O–H groups in total. The second-order valence-electron chi connectivity index (χ2n) is 3.68. The summed E-state index contributed by atoms with van der Waals surface area (Å²) in [5.74, 6) is 0. The number of hydrogen-bond donors (Lipinski definition) is 0. The monoisotopic (exact) mass is 204 g/mol. The lowest BCUT2D eigenvalue weighted by Gasteiger charge is -2.13. The minimum atomic E-state index is 1.25. The molecule has 0 atom stereocenters. The highest BCUT2D eigenvalue weighted by Crippen LogP contribution is 2.19. The first kappa shape index (κ1) is 14.0. The van der Waals surface area contributed by atoms with Crippen molar-refractivity contribution in [2.24, 2.45) is 0 Å². The molecule has 0 heteroatoms. The van der Waals surface area contributed by atoms with E-state index in [0.29, 0.717) is 0 Å². The van der Waals surface area contributed by atoms with Crippen LogP contribution in [0.5, 0.6) is 0 Å². The molecular weight excluding hydrogens is 180 g/mol. The van der Waals surface area contributed by atoms with Crippen molar-refractivity contribution in [2.45, 2.75) is 46.0 Å². The molecule has 1 aromatic carbocycles. The van der Waals surface area contributed by atoms with Gasteiger partial charge in [0.15, 0.2) is 0 Å². The molecule has 1 aliphatic rings. The highest BCUT2D eigenvalue weighted by molar-refractivity contribution is 5.28. The molecule has 15 heavy (non-hydrogen) atoms. The maximum absolute atomic E-state index is 3.00. The summed E-state index contributed by atoms with van der Waals surface area (Å²) in [7, 11) is 0. The van der Waals surface area contributed by atoms with Gasteiger partial charge < -0.3 is 0 Å². The second kappa shape index (κ2) is 9.51. The zero-order valence-electron chi connectivity index (χ0n) is 10.3. The molecule has 0 radical (unpaired) electrons. The Hall–Kier alpha value is -1.04. The van der Waals surface area contributed by atoms with Crippen LogP contribution in [0.25, 0.3) is 0 Å². The lowest BCUT2D eigenvalue weighted by Crippen LogP contribution is -2.00. The molecule has 1 aromatic rings. The van der Waals surface area contributed by atoms with Gasteiger partial charge in [-0.3, -0.25) is 0 Å². The summed E-state index contributed by atoms with van der Waals surface area (Å²) < 4.78 is 0. The molecule has 0 saturated heterocycles. The van der Waals surface area contributed by atoms with E-state index in [4.69, 9.17) is 0 Å². The van der Waals surface area contributed by atoms with Crippen molar-refractivity contribution >= 4 is 0 Å². The van der Waals surface area contributed by atoms with Gasteiger partial charge in [0.05, 0.1) is 0 Å². The van der Waals surface area contributed by atoms with E-state index in [1.165, 1.54) is 32.1 Å². The van der Waals surface area contributed by atoms with Gasteiger partial charge >= 0.3 is 0 Å². The van der Waals surface area contributed by atoms with Crippen LogP contribution in [0.3, 0.4) is 0 Å². The Kier molecular flexibility index (Phi) is 8.85. The Morgan fingerprint density at radius 1 is 0.933 bits per heavy atom. The topological polar surface area (TPSA) is 0 Å². The molecule has 0 spiro atoms. The van der Waals surface area contributed by atoms with E-state index in [0.717, 1.165) is 0 Å². The van der Waals surface area contributed by atoms with Crippen LogP contribution in [0.4, 0.5) is 0 Å². The van der Waals surface area contributed by atoms with Crippen LogP contribution < -0.4 is 0 Å². The molecule has 2 rings (SSSR count). The fourth-order valence-electron chi connectivity index (χ4n) is 1.68. The van der Waals surface area contributed by atoms with Crippen LogP contribution in [-0.4, -0.2) is 0 Å². The molecule has 1 aliphatic carbocycles.